The molecule has 1 atom stereocenters. The summed E-state index contributed by atoms with van der Waals surface area (Å²) in [5.74, 6) is -0.925. The average Bonchev–Trinajstić information content (AvgIpc) is 2.47. The molecule has 3 rings (SSSR count). The Morgan fingerprint density at radius 3 is 2.48 bits per heavy atom. The fourth-order valence-corrected chi connectivity index (χ4v) is 2.30. The predicted molar refractivity (Wildman–Crippen MR) is 80.5 cm³/mol. The summed E-state index contributed by atoms with van der Waals surface area (Å²) in [7, 11) is 0. The molecule has 21 heavy (non-hydrogen) atoms. The van der Waals surface area contributed by atoms with Gasteiger partial charge in [0.1, 0.15) is 5.92 Å². The highest BCUT2D eigenvalue weighted by Crippen LogP contribution is 2.26. The van der Waals surface area contributed by atoms with Crippen LogP contribution in [0.5, 0.6) is 0 Å². The lowest BCUT2D eigenvalue weighted by molar-refractivity contribution is 0.0854. The van der Waals surface area contributed by atoms with E-state index in [0.29, 0.717) is 16.9 Å². The molecule has 1 aromatic heterocycles. The number of carbonyl (C=O) groups excluding carboxylic acids is 2. The third-order valence-electron chi connectivity index (χ3n) is 3.53. The molecular formula is C17H14N2O2. The molecule has 1 aromatic carbocycles. The number of carbonyl (C=O) groups is 2. The van der Waals surface area contributed by atoms with Crippen LogP contribution < -0.4 is 0 Å². The molecule has 4 heteroatoms. The molecule has 1 unspecified atom stereocenters. The Kier molecular flexibility index (Phi) is 3.22. The number of nitrogens with zero attached hydrogens (tertiary/aromatic N) is 2. The second kappa shape index (κ2) is 5.05. The van der Waals surface area contributed by atoms with Crippen molar-refractivity contribution in [2.24, 2.45) is 10.9 Å². The summed E-state index contributed by atoms with van der Waals surface area (Å²) in [5, 5.41) is 0. The van der Waals surface area contributed by atoms with Gasteiger partial charge in [-0.2, -0.15) is 0 Å². The lowest BCUT2D eigenvalue weighted by Crippen LogP contribution is -2.28. The van der Waals surface area contributed by atoms with E-state index < -0.39 is 5.92 Å². The normalized spacial score (nSPS) is 16.7. The highest BCUT2D eigenvalue weighted by Gasteiger charge is 2.31. The van der Waals surface area contributed by atoms with Gasteiger partial charge in [0.05, 0.1) is 5.56 Å². The second-order valence-corrected chi connectivity index (χ2v) is 5.17. The Morgan fingerprint density at radius 2 is 1.76 bits per heavy atom. The first-order valence-electron chi connectivity index (χ1n) is 6.73. The monoisotopic (exact) mass is 278 g/mol. The molecule has 2 aromatic rings. The maximum absolute atomic E-state index is 12.5. The number of aryl methyl sites for hydroxylation is 2. The Bertz CT molecular complexity index is 761. The molecule has 2 heterocycles. The van der Waals surface area contributed by atoms with E-state index in [1.54, 1.807) is 24.3 Å². The highest BCUT2D eigenvalue weighted by molar-refractivity contribution is 6.27. The van der Waals surface area contributed by atoms with Gasteiger partial charge in [0.25, 0.3) is 0 Å². The van der Waals surface area contributed by atoms with E-state index in [9.17, 15) is 9.59 Å². The van der Waals surface area contributed by atoms with Crippen molar-refractivity contribution in [1.29, 1.82) is 0 Å². The molecule has 0 amide bonds. The number of aromatic nitrogens is 1. The minimum absolute atomic E-state index is 0.227. The van der Waals surface area contributed by atoms with Crippen LogP contribution in [0.2, 0.25) is 0 Å². The van der Waals surface area contributed by atoms with Gasteiger partial charge in [-0.25, -0.2) is 9.98 Å². The van der Waals surface area contributed by atoms with Gasteiger partial charge in [0.2, 0.25) is 0 Å². The second-order valence-electron chi connectivity index (χ2n) is 5.17. The number of hydrogen-bond donors (Lipinski definition) is 0. The first kappa shape index (κ1) is 13.4. The number of fused-ring (bicyclic) bond motifs is 1. The van der Waals surface area contributed by atoms with Crippen LogP contribution in [0.25, 0.3) is 0 Å². The van der Waals surface area contributed by atoms with Crippen molar-refractivity contribution in [1.82, 2.24) is 4.98 Å². The van der Waals surface area contributed by atoms with E-state index in [1.165, 1.54) is 6.21 Å². The summed E-state index contributed by atoms with van der Waals surface area (Å²) in [6.07, 6.45) is 1.40. The van der Waals surface area contributed by atoms with Crippen molar-refractivity contribution in [2.75, 3.05) is 0 Å². The molecule has 104 valence electrons. The van der Waals surface area contributed by atoms with Gasteiger partial charge in [-0.3, -0.25) is 9.59 Å². The lowest BCUT2D eigenvalue weighted by Gasteiger charge is -2.16. The number of pyridine rings is 1. The molecule has 0 radical (unpaired) electrons. The first-order valence-corrected chi connectivity index (χ1v) is 6.73. The lowest BCUT2D eigenvalue weighted by atomic mass is 9.89. The molecule has 0 aliphatic carbocycles. The third-order valence-corrected chi connectivity index (χ3v) is 3.53. The number of ketones is 2. The smallest absolute Gasteiger partial charge is 0.182 e. The Morgan fingerprint density at radius 1 is 1.05 bits per heavy atom. The van der Waals surface area contributed by atoms with Crippen molar-refractivity contribution in [3.05, 3.63) is 58.8 Å². The van der Waals surface area contributed by atoms with Gasteiger partial charge < -0.3 is 0 Å². The minimum atomic E-state index is -0.857. The van der Waals surface area contributed by atoms with Crippen LogP contribution in [-0.4, -0.2) is 22.8 Å². The molecule has 0 fully saturated rings. The van der Waals surface area contributed by atoms with E-state index in [4.69, 9.17) is 0 Å². The van der Waals surface area contributed by atoms with Crippen LogP contribution in [0.1, 0.15) is 32.0 Å². The quantitative estimate of drug-likeness (QED) is 0.626. The Labute approximate surface area is 122 Å². The fourth-order valence-electron chi connectivity index (χ4n) is 2.30. The van der Waals surface area contributed by atoms with Crippen molar-refractivity contribution in [3.8, 4) is 0 Å². The molecular weight excluding hydrogens is 264 g/mol. The first-order chi connectivity index (χ1) is 10.1. The van der Waals surface area contributed by atoms with E-state index in [2.05, 4.69) is 9.98 Å². The molecule has 4 nitrogen and oxygen atoms in total. The van der Waals surface area contributed by atoms with Crippen LogP contribution in [0.3, 0.4) is 0 Å². The van der Waals surface area contributed by atoms with Crippen LogP contribution in [0.15, 0.2) is 41.4 Å². The SMILES string of the molecule is Cc1ccc(C(=O)C2C=Nc3nc(C)ccc3C2=O)cc1. The summed E-state index contributed by atoms with van der Waals surface area (Å²) >= 11 is 0. The summed E-state index contributed by atoms with van der Waals surface area (Å²) in [6.45, 7) is 3.79. The topological polar surface area (TPSA) is 59.4 Å². The molecule has 0 saturated heterocycles. The number of Topliss-reactive ketones (excluding diaryl/α,β-unsaturated/α-hetero) is 2. The number of aliphatic imine (C=N–C) groups is 1. The highest BCUT2D eigenvalue weighted by atomic mass is 16.2. The van der Waals surface area contributed by atoms with Crippen LogP contribution in [0.4, 0.5) is 5.82 Å². The summed E-state index contributed by atoms with van der Waals surface area (Å²) in [4.78, 5) is 33.3. The van der Waals surface area contributed by atoms with Gasteiger partial charge in [0, 0.05) is 17.5 Å². The van der Waals surface area contributed by atoms with Crippen LogP contribution >= 0.6 is 0 Å². The van der Waals surface area contributed by atoms with E-state index in [1.807, 2.05) is 26.0 Å². The van der Waals surface area contributed by atoms with Crippen LogP contribution in [-0.2, 0) is 0 Å². The summed E-state index contributed by atoms with van der Waals surface area (Å²) < 4.78 is 0. The van der Waals surface area contributed by atoms with Gasteiger partial charge in [-0.05, 0) is 26.0 Å². The zero-order valence-corrected chi connectivity index (χ0v) is 11.8. The Hall–Kier alpha value is -2.62. The van der Waals surface area contributed by atoms with Crippen molar-refractivity contribution < 1.29 is 9.59 Å². The molecule has 0 saturated carbocycles. The molecule has 0 bridgehead atoms. The van der Waals surface area contributed by atoms with Gasteiger partial charge >= 0.3 is 0 Å². The zero-order valence-electron chi connectivity index (χ0n) is 11.8. The largest absolute Gasteiger partial charge is 0.293 e. The average molecular weight is 278 g/mol. The van der Waals surface area contributed by atoms with Gasteiger partial charge in [-0.15, -0.1) is 0 Å². The van der Waals surface area contributed by atoms with E-state index >= 15 is 0 Å². The van der Waals surface area contributed by atoms with Gasteiger partial charge in [0.15, 0.2) is 17.4 Å². The zero-order chi connectivity index (χ0) is 15.0. The predicted octanol–water partition coefficient (Wildman–Crippen LogP) is 3.10. The van der Waals surface area contributed by atoms with Crippen molar-refractivity contribution >= 4 is 23.6 Å². The maximum atomic E-state index is 12.5. The minimum Gasteiger partial charge on any atom is -0.293 e. The van der Waals surface area contributed by atoms with Gasteiger partial charge in [-0.1, -0.05) is 29.8 Å². The Balaban J connectivity index is 1.95. The van der Waals surface area contributed by atoms with Crippen molar-refractivity contribution in [3.63, 3.8) is 0 Å². The van der Waals surface area contributed by atoms with E-state index in [-0.39, 0.29) is 11.6 Å². The standard InChI is InChI=1S/C17H14N2O2/c1-10-3-6-12(7-4-10)15(20)14-9-18-17-13(16(14)21)8-5-11(2)19-17/h3-9,14H,1-2H3. The van der Waals surface area contributed by atoms with Crippen molar-refractivity contribution in [2.45, 2.75) is 13.8 Å². The molecule has 1 aliphatic heterocycles. The third kappa shape index (κ3) is 2.40. The van der Waals surface area contributed by atoms with E-state index in [0.717, 1.165) is 11.3 Å². The molecule has 0 spiro atoms. The fraction of sp³-hybridized carbons (Fsp3) is 0.176. The summed E-state index contributed by atoms with van der Waals surface area (Å²) in [5.41, 5.74) is 2.80. The number of rotatable bonds is 2. The number of hydrogen-bond acceptors (Lipinski definition) is 4. The maximum Gasteiger partial charge on any atom is 0.182 e. The van der Waals surface area contributed by atoms with Crippen LogP contribution in [0, 0.1) is 19.8 Å². The molecule has 0 N–H and O–H groups in total. The summed E-state index contributed by atoms with van der Waals surface area (Å²) in [6, 6.07) is 10.6. The molecule has 1 aliphatic rings. The number of benzene rings is 1.